The number of hydrogen-bond donors (Lipinski definition) is 2. The molecular formula is C8H11BrN2O. The van der Waals surface area contributed by atoms with Crippen LogP contribution in [0.4, 0.5) is 0 Å². The molecular weight excluding hydrogens is 220 g/mol. The molecule has 1 rings (SSSR count). The second kappa shape index (κ2) is 3.98. The van der Waals surface area contributed by atoms with E-state index in [9.17, 15) is 0 Å². The molecule has 0 aliphatic carbocycles. The molecule has 0 saturated carbocycles. The molecule has 0 aliphatic heterocycles. The summed E-state index contributed by atoms with van der Waals surface area (Å²) in [4.78, 5) is 4.21. The smallest absolute Gasteiger partial charge is 0.0705 e. The lowest BCUT2D eigenvalue weighted by molar-refractivity contribution is 0.266. The first kappa shape index (κ1) is 9.64. The van der Waals surface area contributed by atoms with E-state index in [1.54, 1.807) is 6.07 Å². The van der Waals surface area contributed by atoms with Crippen LogP contribution in [0.2, 0.25) is 0 Å². The predicted octanol–water partition coefficient (Wildman–Crippen LogP) is 1.14. The average Bonchev–Trinajstić information content (AvgIpc) is 2.08. The number of hydrogen-bond acceptors (Lipinski definition) is 3. The van der Waals surface area contributed by atoms with Gasteiger partial charge < -0.3 is 10.8 Å². The minimum Gasteiger partial charge on any atom is -0.394 e. The number of nitrogens with zero attached hydrogens (tertiary/aromatic N) is 1. The lowest BCUT2D eigenvalue weighted by atomic mass is 10.2. The van der Waals surface area contributed by atoms with E-state index >= 15 is 0 Å². The molecule has 1 aromatic heterocycles. The molecule has 0 amide bonds. The van der Waals surface area contributed by atoms with Gasteiger partial charge in [0.25, 0.3) is 0 Å². The fourth-order valence-corrected chi connectivity index (χ4v) is 1.08. The van der Waals surface area contributed by atoms with Crippen molar-refractivity contribution in [2.45, 2.75) is 13.0 Å². The Morgan fingerprint density at radius 2 is 2.33 bits per heavy atom. The molecule has 1 atom stereocenters. The van der Waals surface area contributed by atoms with Gasteiger partial charge >= 0.3 is 0 Å². The standard InChI is InChI=1S/C8H11BrN2O/c1-5-6(9)2-3-8(11-5)7(10)4-12/h2-3,7,12H,4,10H2,1H3. The van der Waals surface area contributed by atoms with Gasteiger partial charge in [-0.25, -0.2) is 0 Å². The molecule has 1 heterocycles. The summed E-state index contributed by atoms with van der Waals surface area (Å²) in [5, 5.41) is 8.77. The molecule has 0 spiro atoms. The third-order valence-corrected chi connectivity index (χ3v) is 2.46. The Morgan fingerprint density at radius 3 is 2.83 bits per heavy atom. The van der Waals surface area contributed by atoms with Gasteiger partial charge in [0.1, 0.15) is 0 Å². The maximum absolute atomic E-state index is 8.77. The minimum absolute atomic E-state index is 0.0753. The lowest BCUT2D eigenvalue weighted by Gasteiger charge is -2.08. The molecule has 0 aromatic carbocycles. The number of aryl methyl sites for hydroxylation is 1. The Balaban J connectivity index is 2.96. The normalized spacial score (nSPS) is 13.0. The third-order valence-electron chi connectivity index (χ3n) is 1.62. The largest absolute Gasteiger partial charge is 0.394 e. The van der Waals surface area contributed by atoms with Crippen LogP contribution in [0.15, 0.2) is 16.6 Å². The first-order valence-corrected chi connectivity index (χ1v) is 4.44. The first-order chi connectivity index (χ1) is 5.65. The van der Waals surface area contributed by atoms with Crippen LogP contribution < -0.4 is 5.73 Å². The van der Waals surface area contributed by atoms with Gasteiger partial charge in [-0.2, -0.15) is 0 Å². The summed E-state index contributed by atoms with van der Waals surface area (Å²) in [5.74, 6) is 0. The van der Waals surface area contributed by atoms with Crippen LogP contribution >= 0.6 is 15.9 Å². The van der Waals surface area contributed by atoms with Crippen LogP contribution in [0, 0.1) is 6.92 Å². The highest BCUT2D eigenvalue weighted by Gasteiger charge is 2.06. The first-order valence-electron chi connectivity index (χ1n) is 3.64. The maximum atomic E-state index is 8.77. The van der Waals surface area contributed by atoms with Gasteiger partial charge in [-0.3, -0.25) is 4.98 Å². The van der Waals surface area contributed by atoms with Crippen LogP contribution in [-0.2, 0) is 0 Å². The highest BCUT2D eigenvalue weighted by Crippen LogP contribution is 2.16. The van der Waals surface area contributed by atoms with Crippen LogP contribution in [0.1, 0.15) is 17.4 Å². The van der Waals surface area contributed by atoms with Gasteiger partial charge in [0.2, 0.25) is 0 Å². The number of aliphatic hydroxyl groups excluding tert-OH is 1. The molecule has 0 aliphatic rings. The quantitative estimate of drug-likeness (QED) is 0.802. The Morgan fingerprint density at radius 1 is 1.67 bits per heavy atom. The number of pyridine rings is 1. The van der Waals surface area contributed by atoms with Crippen LogP contribution in [0.3, 0.4) is 0 Å². The summed E-state index contributed by atoms with van der Waals surface area (Å²) in [6, 6.07) is 3.31. The van der Waals surface area contributed by atoms with E-state index in [2.05, 4.69) is 20.9 Å². The van der Waals surface area contributed by atoms with Crippen molar-refractivity contribution in [2.75, 3.05) is 6.61 Å². The highest BCUT2D eigenvalue weighted by molar-refractivity contribution is 9.10. The van der Waals surface area contributed by atoms with E-state index in [1.165, 1.54) is 0 Å². The Labute approximate surface area is 79.7 Å². The number of nitrogens with two attached hydrogens (primary N) is 1. The topological polar surface area (TPSA) is 59.1 Å². The van der Waals surface area contributed by atoms with Gasteiger partial charge in [-0.05, 0) is 35.0 Å². The van der Waals surface area contributed by atoms with E-state index in [1.807, 2.05) is 13.0 Å². The summed E-state index contributed by atoms with van der Waals surface area (Å²) in [6.07, 6.45) is 0. The maximum Gasteiger partial charge on any atom is 0.0705 e. The monoisotopic (exact) mass is 230 g/mol. The number of aromatic nitrogens is 1. The Kier molecular flexibility index (Phi) is 3.20. The molecule has 1 aromatic rings. The zero-order chi connectivity index (χ0) is 9.14. The summed E-state index contributed by atoms with van der Waals surface area (Å²) in [7, 11) is 0. The minimum atomic E-state index is -0.378. The van der Waals surface area contributed by atoms with Crippen molar-refractivity contribution in [3.05, 3.63) is 28.0 Å². The van der Waals surface area contributed by atoms with Crippen LogP contribution in [0.5, 0.6) is 0 Å². The van der Waals surface area contributed by atoms with Gasteiger partial charge in [-0.15, -0.1) is 0 Å². The number of halogens is 1. The summed E-state index contributed by atoms with van der Waals surface area (Å²) < 4.78 is 0.955. The molecule has 66 valence electrons. The summed E-state index contributed by atoms with van der Waals surface area (Å²) >= 11 is 3.33. The average molecular weight is 231 g/mol. The molecule has 3 N–H and O–H groups in total. The predicted molar refractivity (Wildman–Crippen MR) is 50.7 cm³/mol. The van der Waals surface area contributed by atoms with Gasteiger partial charge in [0.05, 0.1) is 24.0 Å². The fraction of sp³-hybridized carbons (Fsp3) is 0.375. The van der Waals surface area contributed by atoms with E-state index in [0.717, 1.165) is 15.9 Å². The third kappa shape index (κ3) is 2.03. The van der Waals surface area contributed by atoms with Crippen molar-refractivity contribution in [3.63, 3.8) is 0 Å². The zero-order valence-corrected chi connectivity index (χ0v) is 8.37. The summed E-state index contributed by atoms with van der Waals surface area (Å²) in [6.45, 7) is 1.81. The molecule has 12 heavy (non-hydrogen) atoms. The van der Waals surface area contributed by atoms with Gasteiger partial charge in [0, 0.05) is 4.47 Å². The molecule has 3 nitrogen and oxygen atoms in total. The number of aliphatic hydroxyl groups is 1. The zero-order valence-electron chi connectivity index (χ0n) is 6.79. The summed E-state index contributed by atoms with van der Waals surface area (Å²) in [5.41, 5.74) is 7.19. The Bertz CT molecular complexity index is 278. The van der Waals surface area contributed by atoms with Gasteiger partial charge in [0.15, 0.2) is 0 Å². The Hall–Kier alpha value is -0.450. The van der Waals surface area contributed by atoms with E-state index in [-0.39, 0.29) is 12.6 Å². The number of rotatable bonds is 2. The van der Waals surface area contributed by atoms with Crippen molar-refractivity contribution in [2.24, 2.45) is 5.73 Å². The second-order valence-electron chi connectivity index (χ2n) is 2.59. The fourth-order valence-electron chi connectivity index (χ4n) is 0.864. The molecule has 0 saturated heterocycles. The van der Waals surface area contributed by atoms with Crippen LogP contribution in [-0.4, -0.2) is 16.7 Å². The molecule has 4 heteroatoms. The molecule has 1 unspecified atom stereocenters. The van der Waals surface area contributed by atoms with Crippen LogP contribution in [0.25, 0.3) is 0 Å². The molecule has 0 radical (unpaired) electrons. The van der Waals surface area contributed by atoms with Crippen molar-refractivity contribution < 1.29 is 5.11 Å². The molecule has 0 bridgehead atoms. The van der Waals surface area contributed by atoms with E-state index < -0.39 is 0 Å². The van der Waals surface area contributed by atoms with E-state index in [4.69, 9.17) is 10.8 Å². The van der Waals surface area contributed by atoms with Crippen molar-refractivity contribution in [1.82, 2.24) is 4.98 Å². The van der Waals surface area contributed by atoms with Crippen molar-refractivity contribution >= 4 is 15.9 Å². The SMILES string of the molecule is Cc1nc(C(N)CO)ccc1Br. The van der Waals surface area contributed by atoms with Gasteiger partial charge in [-0.1, -0.05) is 0 Å². The highest BCUT2D eigenvalue weighted by atomic mass is 79.9. The lowest BCUT2D eigenvalue weighted by Crippen LogP contribution is -2.16. The van der Waals surface area contributed by atoms with Crippen molar-refractivity contribution in [1.29, 1.82) is 0 Å². The second-order valence-corrected chi connectivity index (χ2v) is 3.45. The van der Waals surface area contributed by atoms with E-state index in [0.29, 0.717) is 0 Å². The van der Waals surface area contributed by atoms with Crippen molar-refractivity contribution in [3.8, 4) is 0 Å². The molecule has 0 fully saturated rings.